The maximum Gasteiger partial charge on any atom is 0.252 e. The number of aromatic nitrogens is 1. The Labute approximate surface area is 73.8 Å². The summed E-state index contributed by atoms with van der Waals surface area (Å²) >= 11 is 0. The molecular weight excluding hydrogens is 150 g/mol. The van der Waals surface area contributed by atoms with E-state index in [2.05, 4.69) is 26.1 Å². The number of pyridine rings is 1. The molecule has 0 saturated heterocycles. The van der Waals surface area contributed by atoms with Gasteiger partial charge in [-0.15, -0.1) is 0 Å². The van der Waals surface area contributed by atoms with Gasteiger partial charge < -0.3 is 4.74 Å². The van der Waals surface area contributed by atoms with E-state index in [4.69, 9.17) is 4.74 Å². The van der Waals surface area contributed by atoms with E-state index in [1.165, 1.54) is 5.56 Å². The maximum atomic E-state index is 5.39. The molecule has 0 amide bonds. The number of rotatable bonds is 4. The number of nitrogens with zero attached hydrogens (tertiary/aromatic N) is 1. The van der Waals surface area contributed by atoms with E-state index < -0.39 is 0 Å². The van der Waals surface area contributed by atoms with Gasteiger partial charge in [-0.05, 0) is 19.4 Å². The van der Waals surface area contributed by atoms with Gasteiger partial charge in [-0.2, -0.15) is 4.57 Å². The summed E-state index contributed by atoms with van der Waals surface area (Å²) in [4.78, 5) is 0. The zero-order valence-corrected chi connectivity index (χ0v) is 7.79. The molecule has 0 atom stereocenters. The molecule has 0 aromatic carbocycles. The van der Waals surface area contributed by atoms with Crippen molar-refractivity contribution in [1.82, 2.24) is 0 Å². The molecule has 2 heteroatoms. The van der Waals surface area contributed by atoms with Crippen molar-refractivity contribution in [2.75, 3.05) is 6.61 Å². The molecule has 0 fully saturated rings. The quantitative estimate of drug-likeness (QED) is 0.490. The fourth-order valence-electron chi connectivity index (χ4n) is 1.05. The lowest BCUT2D eigenvalue weighted by Gasteiger charge is -1.98. The lowest BCUT2D eigenvalue weighted by atomic mass is 10.3. The van der Waals surface area contributed by atoms with Gasteiger partial charge in [0.15, 0.2) is 12.4 Å². The average Bonchev–Trinajstić information content (AvgIpc) is 2.05. The minimum atomic E-state index is 0.662. The van der Waals surface area contributed by atoms with Gasteiger partial charge in [0.1, 0.15) is 0 Å². The summed E-state index contributed by atoms with van der Waals surface area (Å²) in [5.41, 5.74) is 1.26. The molecule has 0 saturated carbocycles. The van der Waals surface area contributed by atoms with Crippen LogP contribution in [0.15, 0.2) is 24.5 Å². The van der Waals surface area contributed by atoms with Crippen LogP contribution in [0.1, 0.15) is 18.9 Å². The molecule has 0 aliphatic heterocycles. The van der Waals surface area contributed by atoms with Crippen molar-refractivity contribution in [3.05, 3.63) is 30.1 Å². The Morgan fingerprint density at radius 2 is 2.33 bits per heavy atom. The molecule has 0 N–H and O–H groups in total. The van der Waals surface area contributed by atoms with Gasteiger partial charge in [-0.3, -0.25) is 0 Å². The average molecular weight is 166 g/mol. The molecule has 0 bridgehead atoms. The minimum absolute atomic E-state index is 0.662. The predicted molar refractivity (Wildman–Crippen MR) is 47.6 cm³/mol. The van der Waals surface area contributed by atoms with Crippen LogP contribution in [-0.4, -0.2) is 6.61 Å². The Kier molecular flexibility index (Phi) is 3.74. The second-order valence-electron chi connectivity index (χ2n) is 2.93. The van der Waals surface area contributed by atoms with Crippen LogP contribution in [0.25, 0.3) is 0 Å². The Hall–Kier alpha value is -0.890. The van der Waals surface area contributed by atoms with E-state index in [-0.39, 0.29) is 0 Å². The highest BCUT2D eigenvalue weighted by Gasteiger charge is 1.97. The molecule has 1 heterocycles. The zero-order valence-electron chi connectivity index (χ0n) is 7.79. The van der Waals surface area contributed by atoms with Crippen molar-refractivity contribution in [1.29, 1.82) is 0 Å². The number of hydrogen-bond acceptors (Lipinski definition) is 1. The van der Waals surface area contributed by atoms with Crippen LogP contribution in [0.4, 0.5) is 0 Å². The van der Waals surface area contributed by atoms with Crippen molar-refractivity contribution >= 4 is 0 Å². The van der Waals surface area contributed by atoms with Gasteiger partial charge in [0.25, 0.3) is 6.73 Å². The lowest BCUT2D eigenvalue weighted by Crippen LogP contribution is -2.34. The molecule has 1 aromatic heterocycles. The summed E-state index contributed by atoms with van der Waals surface area (Å²) in [6.45, 7) is 5.69. The van der Waals surface area contributed by atoms with E-state index >= 15 is 0 Å². The van der Waals surface area contributed by atoms with Crippen LogP contribution in [0.3, 0.4) is 0 Å². The topological polar surface area (TPSA) is 13.1 Å². The van der Waals surface area contributed by atoms with Gasteiger partial charge in [-0.25, -0.2) is 0 Å². The van der Waals surface area contributed by atoms with E-state index in [0.29, 0.717) is 6.73 Å². The molecule has 0 aliphatic rings. The molecule has 0 unspecified atom stereocenters. The first-order valence-electron chi connectivity index (χ1n) is 4.36. The highest BCUT2D eigenvalue weighted by molar-refractivity contribution is 5.01. The van der Waals surface area contributed by atoms with E-state index in [9.17, 15) is 0 Å². The van der Waals surface area contributed by atoms with Crippen LogP contribution in [0.2, 0.25) is 0 Å². The molecule has 12 heavy (non-hydrogen) atoms. The van der Waals surface area contributed by atoms with Crippen molar-refractivity contribution in [3.63, 3.8) is 0 Å². The fraction of sp³-hybridized carbons (Fsp3) is 0.500. The highest BCUT2D eigenvalue weighted by atomic mass is 16.5. The Morgan fingerprint density at radius 1 is 1.50 bits per heavy atom. The highest BCUT2D eigenvalue weighted by Crippen LogP contribution is 1.89. The van der Waals surface area contributed by atoms with Crippen LogP contribution < -0.4 is 4.57 Å². The van der Waals surface area contributed by atoms with Gasteiger partial charge in [0, 0.05) is 11.6 Å². The summed E-state index contributed by atoms with van der Waals surface area (Å²) < 4.78 is 7.43. The van der Waals surface area contributed by atoms with E-state index in [0.717, 1.165) is 13.0 Å². The zero-order chi connectivity index (χ0) is 8.81. The molecule has 0 spiro atoms. The second-order valence-corrected chi connectivity index (χ2v) is 2.93. The van der Waals surface area contributed by atoms with Gasteiger partial charge >= 0.3 is 0 Å². The first kappa shape index (κ1) is 9.20. The van der Waals surface area contributed by atoms with Crippen molar-refractivity contribution in [2.45, 2.75) is 27.0 Å². The third-order valence-corrected chi connectivity index (χ3v) is 1.59. The second kappa shape index (κ2) is 4.88. The summed E-state index contributed by atoms with van der Waals surface area (Å²) in [6, 6.07) is 4.11. The monoisotopic (exact) mass is 166 g/mol. The maximum absolute atomic E-state index is 5.39. The Morgan fingerprint density at radius 3 is 3.00 bits per heavy atom. The van der Waals surface area contributed by atoms with Crippen molar-refractivity contribution < 1.29 is 9.30 Å². The molecule has 1 rings (SSSR count). The number of hydrogen-bond donors (Lipinski definition) is 0. The van der Waals surface area contributed by atoms with E-state index in [1.54, 1.807) is 0 Å². The van der Waals surface area contributed by atoms with Crippen LogP contribution in [0.5, 0.6) is 0 Å². The third-order valence-electron chi connectivity index (χ3n) is 1.59. The minimum Gasteiger partial charge on any atom is -0.323 e. The summed E-state index contributed by atoms with van der Waals surface area (Å²) in [7, 11) is 0. The van der Waals surface area contributed by atoms with Crippen molar-refractivity contribution in [3.8, 4) is 0 Å². The SMILES string of the molecule is CCCOC[n+]1cccc(C)c1. The molecule has 66 valence electrons. The Balaban J connectivity index is 2.41. The molecule has 0 aliphatic carbocycles. The standard InChI is InChI=1S/C10H16NO/c1-3-7-12-9-11-6-4-5-10(2)8-11/h4-6,8H,3,7,9H2,1-2H3/q+1. The Bertz CT molecular complexity index is 235. The van der Waals surface area contributed by atoms with Gasteiger partial charge in [0.05, 0.1) is 6.61 Å². The first-order valence-corrected chi connectivity index (χ1v) is 4.36. The fourth-order valence-corrected chi connectivity index (χ4v) is 1.05. The smallest absolute Gasteiger partial charge is 0.252 e. The molecule has 1 aromatic rings. The summed E-state index contributed by atoms with van der Waals surface area (Å²) in [5, 5.41) is 0. The van der Waals surface area contributed by atoms with Crippen LogP contribution >= 0.6 is 0 Å². The van der Waals surface area contributed by atoms with Crippen LogP contribution in [0, 0.1) is 6.92 Å². The third kappa shape index (κ3) is 3.01. The summed E-state index contributed by atoms with van der Waals surface area (Å²) in [6.07, 6.45) is 5.17. The molecular formula is C10H16NO+. The van der Waals surface area contributed by atoms with Crippen LogP contribution in [-0.2, 0) is 11.5 Å². The largest absolute Gasteiger partial charge is 0.323 e. The van der Waals surface area contributed by atoms with Gasteiger partial charge in [-0.1, -0.05) is 6.92 Å². The number of ether oxygens (including phenoxy) is 1. The first-order chi connectivity index (χ1) is 5.83. The molecule has 0 radical (unpaired) electrons. The lowest BCUT2D eigenvalue weighted by molar-refractivity contribution is -0.733. The van der Waals surface area contributed by atoms with E-state index in [1.807, 2.05) is 16.8 Å². The predicted octanol–water partition coefficient (Wildman–Crippen LogP) is 1.67. The van der Waals surface area contributed by atoms with Crippen molar-refractivity contribution in [2.24, 2.45) is 0 Å². The summed E-state index contributed by atoms with van der Waals surface area (Å²) in [5.74, 6) is 0. The normalized spacial score (nSPS) is 10.2. The van der Waals surface area contributed by atoms with Gasteiger partial charge in [0.2, 0.25) is 0 Å². The molecule has 2 nitrogen and oxygen atoms in total. The number of aryl methyl sites for hydroxylation is 1.